The first-order chi connectivity index (χ1) is 10.6. The van der Waals surface area contributed by atoms with Gasteiger partial charge in [-0.2, -0.15) is 4.98 Å². The van der Waals surface area contributed by atoms with Crippen molar-refractivity contribution in [3.63, 3.8) is 0 Å². The van der Waals surface area contributed by atoms with E-state index in [0.717, 1.165) is 12.1 Å². The zero-order chi connectivity index (χ0) is 15.5. The molecule has 1 fully saturated rings. The maximum atomic E-state index is 13.3. The van der Waals surface area contributed by atoms with Crippen molar-refractivity contribution in [2.75, 3.05) is 10.6 Å². The van der Waals surface area contributed by atoms with Gasteiger partial charge in [0, 0.05) is 23.7 Å². The van der Waals surface area contributed by atoms with Gasteiger partial charge in [0.1, 0.15) is 11.6 Å². The van der Waals surface area contributed by atoms with Gasteiger partial charge >= 0.3 is 0 Å². The summed E-state index contributed by atoms with van der Waals surface area (Å²) in [5.74, 6) is 1.61. The average Bonchev–Trinajstić information content (AvgIpc) is 3.31. The molecule has 0 amide bonds. The monoisotopic (exact) mass is 300 g/mol. The molecule has 3 rings (SSSR count). The summed E-state index contributed by atoms with van der Waals surface area (Å²) in [6, 6.07) is 8.67. The molecular weight excluding hydrogens is 279 g/mol. The molecular formula is C17H21FN4. The largest absolute Gasteiger partial charge is 0.352 e. The van der Waals surface area contributed by atoms with Gasteiger partial charge in [0.15, 0.2) is 0 Å². The summed E-state index contributed by atoms with van der Waals surface area (Å²) < 4.78 is 13.3. The second kappa shape index (κ2) is 6.30. The lowest BCUT2D eigenvalue weighted by molar-refractivity contribution is 0.628. The van der Waals surface area contributed by atoms with Crippen LogP contribution in [0.1, 0.15) is 44.7 Å². The van der Waals surface area contributed by atoms with Gasteiger partial charge in [-0.05, 0) is 44.4 Å². The molecule has 2 N–H and O–H groups in total. The molecule has 0 radical (unpaired) electrons. The summed E-state index contributed by atoms with van der Waals surface area (Å²) in [6.07, 6.45) is 3.36. The number of hydrogen-bond donors (Lipinski definition) is 2. The first-order valence-electron chi connectivity index (χ1n) is 7.82. The van der Waals surface area contributed by atoms with E-state index in [-0.39, 0.29) is 5.82 Å². The topological polar surface area (TPSA) is 49.8 Å². The van der Waals surface area contributed by atoms with Crippen molar-refractivity contribution in [3.8, 4) is 0 Å². The van der Waals surface area contributed by atoms with Crippen molar-refractivity contribution in [1.82, 2.24) is 9.97 Å². The van der Waals surface area contributed by atoms with Crippen molar-refractivity contribution in [3.05, 3.63) is 41.8 Å². The molecule has 1 heterocycles. The third kappa shape index (κ3) is 3.72. The van der Waals surface area contributed by atoms with Crippen molar-refractivity contribution in [2.45, 2.75) is 45.1 Å². The van der Waals surface area contributed by atoms with Gasteiger partial charge in [0.05, 0.1) is 5.69 Å². The van der Waals surface area contributed by atoms with E-state index < -0.39 is 0 Å². The van der Waals surface area contributed by atoms with Crippen molar-refractivity contribution in [1.29, 1.82) is 0 Å². The van der Waals surface area contributed by atoms with Crippen LogP contribution >= 0.6 is 0 Å². The van der Waals surface area contributed by atoms with Crippen LogP contribution in [0.15, 0.2) is 30.3 Å². The molecule has 1 aromatic heterocycles. The Bertz CT molecular complexity index is 655. The lowest BCUT2D eigenvalue weighted by Gasteiger charge is -2.14. The first-order valence-corrected chi connectivity index (χ1v) is 7.82. The summed E-state index contributed by atoms with van der Waals surface area (Å²) >= 11 is 0. The van der Waals surface area contributed by atoms with Crippen LogP contribution < -0.4 is 10.6 Å². The van der Waals surface area contributed by atoms with Crippen LogP contribution in [0, 0.1) is 5.82 Å². The molecule has 1 aliphatic carbocycles. The van der Waals surface area contributed by atoms with Gasteiger partial charge in [-0.1, -0.05) is 13.0 Å². The van der Waals surface area contributed by atoms with Gasteiger partial charge in [0.25, 0.3) is 0 Å². The lowest BCUT2D eigenvalue weighted by atomic mass is 10.2. The summed E-state index contributed by atoms with van der Waals surface area (Å²) in [7, 11) is 0. The number of nitrogens with zero attached hydrogens (tertiary/aromatic N) is 2. The number of anilines is 3. The molecule has 0 saturated heterocycles. The summed E-state index contributed by atoms with van der Waals surface area (Å²) in [6.45, 7) is 4.22. The minimum atomic E-state index is -0.264. The fourth-order valence-corrected chi connectivity index (χ4v) is 2.22. The molecule has 0 spiro atoms. The van der Waals surface area contributed by atoms with Gasteiger partial charge in [-0.3, -0.25) is 0 Å². The highest BCUT2D eigenvalue weighted by Gasteiger charge is 2.26. The first kappa shape index (κ1) is 14.8. The predicted octanol–water partition coefficient (Wildman–Crippen LogP) is 4.45. The maximum absolute atomic E-state index is 13.3. The highest BCUT2D eigenvalue weighted by Crippen LogP contribution is 2.40. The van der Waals surface area contributed by atoms with E-state index in [0.29, 0.717) is 29.4 Å². The molecule has 5 heteroatoms. The van der Waals surface area contributed by atoms with Crippen molar-refractivity contribution < 1.29 is 4.39 Å². The molecule has 0 bridgehead atoms. The van der Waals surface area contributed by atoms with E-state index in [9.17, 15) is 4.39 Å². The Labute approximate surface area is 130 Å². The number of aromatic nitrogens is 2. The second-order valence-corrected chi connectivity index (χ2v) is 5.86. The van der Waals surface area contributed by atoms with E-state index in [1.54, 1.807) is 6.07 Å². The SMILES string of the molecule is CC[C@H](C)Nc1nc(Nc2cccc(F)c2)cc(C2CC2)n1. The molecule has 116 valence electrons. The zero-order valence-corrected chi connectivity index (χ0v) is 12.9. The van der Waals surface area contributed by atoms with E-state index in [2.05, 4.69) is 34.4 Å². The molecule has 2 aromatic rings. The highest BCUT2D eigenvalue weighted by atomic mass is 19.1. The quantitative estimate of drug-likeness (QED) is 0.827. The molecule has 1 aromatic carbocycles. The van der Waals surface area contributed by atoms with E-state index in [1.165, 1.54) is 25.0 Å². The maximum Gasteiger partial charge on any atom is 0.225 e. The molecule has 22 heavy (non-hydrogen) atoms. The second-order valence-electron chi connectivity index (χ2n) is 5.86. The van der Waals surface area contributed by atoms with E-state index >= 15 is 0 Å². The Morgan fingerprint density at radius 3 is 2.77 bits per heavy atom. The molecule has 1 saturated carbocycles. The van der Waals surface area contributed by atoms with Gasteiger partial charge in [0.2, 0.25) is 5.95 Å². The molecule has 1 atom stereocenters. The molecule has 0 aliphatic heterocycles. The number of hydrogen-bond acceptors (Lipinski definition) is 4. The molecule has 4 nitrogen and oxygen atoms in total. The standard InChI is InChI=1S/C17H21FN4/c1-3-11(2)19-17-21-15(12-7-8-12)10-16(22-17)20-14-6-4-5-13(18)9-14/h4-6,9-12H,3,7-8H2,1-2H3,(H2,19,20,21,22)/t11-/m0/s1. The predicted molar refractivity (Wildman–Crippen MR) is 87.1 cm³/mol. The molecule has 0 unspecified atom stereocenters. The normalized spacial score (nSPS) is 15.4. The van der Waals surface area contributed by atoms with Crippen LogP contribution in [0.3, 0.4) is 0 Å². The van der Waals surface area contributed by atoms with Crippen LogP contribution in [0.2, 0.25) is 0 Å². The summed E-state index contributed by atoms with van der Waals surface area (Å²) in [5, 5.41) is 6.48. The van der Waals surface area contributed by atoms with Crippen LogP contribution in [0.4, 0.5) is 21.8 Å². The van der Waals surface area contributed by atoms with Gasteiger partial charge in [-0.15, -0.1) is 0 Å². The fourth-order valence-electron chi connectivity index (χ4n) is 2.22. The number of halogens is 1. The van der Waals surface area contributed by atoms with Crippen molar-refractivity contribution >= 4 is 17.5 Å². The summed E-state index contributed by atoms with van der Waals surface area (Å²) in [4.78, 5) is 9.11. The van der Waals surface area contributed by atoms with Gasteiger partial charge in [-0.25, -0.2) is 9.37 Å². The fraction of sp³-hybridized carbons (Fsp3) is 0.412. The van der Waals surface area contributed by atoms with Gasteiger partial charge < -0.3 is 10.6 Å². The Morgan fingerprint density at radius 1 is 1.27 bits per heavy atom. The lowest BCUT2D eigenvalue weighted by Crippen LogP contribution is -2.16. The Hall–Kier alpha value is -2.17. The highest BCUT2D eigenvalue weighted by molar-refractivity contribution is 5.58. The molecule has 1 aliphatic rings. The van der Waals surface area contributed by atoms with E-state index in [1.807, 2.05) is 12.1 Å². The Morgan fingerprint density at radius 2 is 2.09 bits per heavy atom. The number of rotatable bonds is 6. The van der Waals surface area contributed by atoms with Crippen LogP contribution in [-0.2, 0) is 0 Å². The van der Waals surface area contributed by atoms with Crippen LogP contribution in [-0.4, -0.2) is 16.0 Å². The smallest absolute Gasteiger partial charge is 0.225 e. The number of nitrogens with one attached hydrogen (secondary N) is 2. The van der Waals surface area contributed by atoms with Crippen LogP contribution in [0.5, 0.6) is 0 Å². The van der Waals surface area contributed by atoms with Crippen molar-refractivity contribution in [2.24, 2.45) is 0 Å². The zero-order valence-electron chi connectivity index (χ0n) is 12.9. The number of benzene rings is 1. The Kier molecular flexibility index (Phi) is 4.22. The minimum absolute atomic E-state index is 0.264. The van der Waals surface area contributed by atoms with E-state index in [4.69, 9.17) is 0 Å². The average molecular weight is 300 g/mol. The third-order valence-electron chi connectivity index (χ3n) is 3.83. The third-order valence-corrected chi connectivity index (χ3v) is 3.83. The van der Waals surface area contributed by atoms with Crippen LogP contribution in [0.25, 0.3) is 0 Å². The minimum Gasteiger partial charge on any atom is -0.352 e. The Balaban J connectivity index is 1.85. The summed E-state index contributed by atoms with van der Waals surface area (Å²) in [5.41, 5.74) is 1.75.